The summed E-state index contributed by atoms with van der Waals surface area (Å²) in [6, 6.07) is 5.86. The summed E-state index contributed by atoms with van der Waals surface area (Å²) >= 11 is 0. The largest absolute Gasteiger partial charge is 0.478 e. The van der Waals surface area contributed by atoms with Crippen molar-refractivity contribution in [2.24, 2.45) is 0 Å². The molecule has 0 fully saturated rings. The van der Waals surface area contributed by atoms with Crippen LogP contribution in [0.5, 0.6) is 0 Å². The molecule has 6 nitrogen and oxygen atoms in total. The highest BCUT2D eigenvalue weighted by atomic mass is 19.1. The molecule has 0 atom stereocenters. The van der Waals surface area contributed by atoms with E-state index >= 15 is 0 Å². The van der Waals surface area contributed by atoms with Crippen molar-refractivity contribution in [3.05, 3.63) is 47.5 Å². The highest BCUT2D eigenvalue weighted by molar-refractivity contribution is 5.97. The maximum atomic E-state index is 13.8. The second-order valence-electron chi connectivity index (χ2n) is 5.12. The Kier molecular flexibility index (Phi) is 2.83. The van der Waals surface area contributed by atoms with Gasteiger partial charge in [0.15, 0.2) is 17.0 Å². The molecule has 0 aliphatic heterocycles. The number of nitrogen functional groups attached to an aromatic ring is 1. The van der Waals surface area contributed by atoms with Gasteiger partial charge in [-0.15, -0.1) is 0 Å². The first kappa shape index (κ1) is 14.2. The van der Waals surface area contributed by atoms with E-state index in [2.05, 4.69) is 4.98 Å². The van der Waals surface area contributed by atoms with Crippen molar-refractivity contribution in [2.75, 3.05) is 5.73 Å². The number of hydrogen-bond donors (Lipinski definition) is 2. The second kappa shape index (κ2) is 4.79. The third-order valence-corrected chi connectivity index (χ3v) is 3.58. The SMILES string of the molecule is Nc1c(-c2nc3ccc(C(=O)O)cc3o2)oc2c(F)cc(F)cc12. The van der Waals surface area contributed by atoms with E-state index in [1.807, 2.05) is 0 Å². The monoisotopic (exact) mass is 330 g/mol. The smallest absolute Gasteiger partial charge is 0.335 e. The number of fused-ring (bicyclic) bond motifs is 2. The van der Waals surface area contributed by atoms with Crippen LogP contribution in [-0.4, -0.2) is 16.1 Å². The third kappa shape index (κ3) is 2.00. The topological polar surface area (TPSA) is 102 Å². The van der Waals surface area contributed by atoms with Gasteiger partial charge in [0.1, 0.15) is 11.3 Å². The van der Waals surface area contributed by atoms with Crippen molar-refractivity contribution in [3.8, 4) is 11.7 Å². The van der Waals surface area contributed by atoms with Crippen molar-refractivity contribution >= 4 is 33.7 Å². The van der Waals surface area contributed by atoms with Crippen LogP contribution < -0.4 is 5.73 Å². The Morgan fingerprint density at radius 2 is 1.96 bits per heavy atom. The standard InChI is InChI=1S/C16H8F2N2O4/c17-7-4-8-12(19)14(24-13(8)9(18)5-7)15-20-10-2-1-6(16(21)22)3-11(10)23-15/h1-5H,19H2,(H,21,22). The molecule has 4 rings (SSSR count). The second-order valence-corrected chi connectivity index (χ2v) is 5.12. The lowest BCUT2D eigenvalue weighted by molar-refractivity contribution is 0.0697. The Balaban J connectivity index is 1.94. The van der Waals surface area contributed by atoms with Crippen molar-refractivity contribution < 1.29 is 27.5 Å². The van der Waals surface area contributed by atoms with Gasteiger partial charge in [-0.1, -0.05) is 0 Å². The van der Waals surface area contributed by atoms with Gasteiger partial charge < -0.3 is 19.7 Å². The molecule has 0 spiro atoms. The van der Waals surface area contributed by atoms with E-state index in [1.54, 1.807) is 0 Å². The molecule has 0 amide bonds. The van der Waals surface area contributed by atoms with Gasteiger partial charge in [0, 0.05) is 6.07 Å². The average Bonchev–Trinajstić information content (AvgIpc) is 3.08. The van der Waals surface area contributed by atoms with Gasteiger partial charge >= 0.3 is 5.97 Å². The zero-order chi connectivity index (χ0) is 17.0. The van der Waals surface area contributed by atoms with Gasteiger partial charge in [0.05, 0.1) is 16.6 Å². The number of rotatable bonds is 2. The fourth-order valence-corrected chi connectivity index (χ4v) is 2.46. The predicted molar refractivity (Wildman–Crippen MR) is 80.5 cm³/mol. The number of aromatic carboxylic acids is 1. The van der Waals surface area contributed by atoms with Crippen LogP contribution in [-0.2, 0) is 0 Å². The van der Waals surface area contributed by atoms with Crippen LogP contribution >= 0.6 is 0 Å². The number of carboxylic acids is 1. The van der Waals surface area contributed by atoms with Crippen LogP contribution in [0.3, 0.4) is 0 Å². The minimum Gasteiger partial charge on any atom is -0.478 e. The van der Waals surface area contributed by atoms with Gasteiger partial charge in [-0.3, -0.25) is 0 Å². The van der Waals surface area contributed by atoms with E-state index in [1.165, 1.54) is 18.2 Å². The van der Waals surface area contributed by atoms with Gasteiger partial charge in [-0.2, -0.15) is 0 Å². The first-order valence-corrected chi connectivity index (χ1v) is 6.75. The summed E-state index contributed by atoms with van der Waals surface area (Å²) in [5, 5.41) is 9.05. The fraction of sp³-hybridized carbons (Fsp3) is 0. The molecule has 0 unspecified atom stereocenters. The molecule has 120 valence electrons. The lowest BCUT2D eigenvalue weighted by Crippen LogP contribution is -1.94. The molecule has 2 heterocycles. The maximum absolute atomic E-state index is 13.8. The summed E-state index contributed by atoms with van der Waals surface area (Å²) in [6.45, 7) is 0. The van der Waals surface area contributed by atoms with Crippen LogP contribution in [0.2, 0.25) is 0 Å². The first-order valence-electron chi connectivity index (χ1n) is 6.75. The van der Waals surface area contributed by atoms with Gasteiger partial charge in [0.25, 0.3) is 5.89 Å². The summed E-state index contributed by atoms with van der Waals surface area (Å²) in [6.07, 6.45) is 0. The third-order valence-electron chi connectivity index (χ3n) is 3.58. The number of carbonyl (C=O) groups is 1. The summed E-state index contributed by atoms with van der Waals surface area (Å²) in [4.78, 5) is 15.1. The Morgan fingerprint density at radius 1 is 1.17 bits per heavy atom. The number of nitrogens with two attached hydrogens (primary N) is 1. The minimum absolute atomic E-state index is 0.0200. The summed E-state index contributed by atoms with van der Waals surface area (Å²) in [5.41, 5.74) is 6.26. The number of halogens is 2. The highest BCUT2D eigenvalue weighted by Gasteiger charge is 2.22. The summed E-state index contributed by atoms with van der Waals surface area (Å²) < 4.78 is 37.9. The zero-order valence-electron chi connectivity index (χ0n) is 11.8. The molecular weight excluding hydrogens is 322 g/mol. The van der Waals surface area contributed by atoms with Crippen LogP contribution in [0, 0.1) is 11.6 Å². The van der Waals surface area contributed by atoms with Crippen LogP contribution in [0.15, 0.2) is 39.2 Å². The molecule has 3 N–H and O–H groups in total. The molecule has 0 saturated heterocycles. The van der Waals surface area contributed by atoms with Crippen molar-refractivity contribution in [2.45, 2.75) is 0 Å². The number of anilines is 1. The highest BCUT2D eigenvalue weighted by Crippen LogP contribution is 2.38. The molecule has 0 aliphatic rings. The molecule has 8 heteroatoms. The number of benzene rings is 2. The minimum atomic E-state index is -1.12. The van der Waals surface area contributed by atoms with Crippen LogP contribution in [0.1, 0.15) is 10.4 Å². The first-order chi connectivity index (χ1) is 11.4. The molecule has 4 aromatic rings. The lowest BCUT2D eigenvalue weighted by Gasteiger charge is -1.92. The normalized spacial score (nSPS) is 11.4. The van der Waals surface area contributed by atoms with Gasteiger partial charge in [-0.05, 0) is 24.3 Å². The average molecular weight is 330 g/mol. The van der Waals surface area contributed by atoms with E-state index in [-0.39, 0.29) is 39.5 Å². The summed E-state index contributed by atoms with van der Waals surface area (Å²) in [5.74, 6) is -2.91. The molecule has 0 saturated carbocycles. The van der Waals surface area contributed by atoms with E-state index in [0.29, 0.717) is 11.6 Å². The number of furan rings is 1. The summed E-state index contributed by atoms with van der Waals surface area (Å²) in [7, 11) is 0. The van der Waals surface area contributed by atoms with Gasteiger partial charge in [-0.25, -0.2) is 18.6 Å². The van der Waals surface area contributed by atoms with Crippen molar-refractivity contribution in [1.29, 1.82) is 0 Å². The quantitative estimate of drug-likeness (QED) is 0.579. The van der Waals surface area contributed by atoms with Crippen LogP contribution in [0.25, 0.3) is 33.7 Å². The Labute approximate surface area is 132 Å². The fourth-order valence-electron chi connectivity index (χ4n) is 2.46. The molecule has 0 aliphatic carbocycles. The number of carboxylic acid groups (broad SMARTS) is 1. The van der Waals surface area contributed by atoms with E-state index in [9.17, 15) is 13.6 Å². The number of oxazole rings is 1. The Bertz CT molecular complexity index is 1130. The van der Waals surface area contributed by atoms with E-state index < -0.39 is 17.6 Å². The van der Waals surface area contributed by atoms with E-state index in [0.717, 1.165) is 6.07 Å². The molecular formula is C16H8F2N2O4. The van der Waals surface area contributed by atoms with Gasteiger partial charge in [0.2, 0.25) is 5.76 Å². The molecule has 24 heavy (non-hydrogen) atoms. The number of aromatic nitrogens is 1. The zero-order valence-corrected chi connectivity index (χ0v) is 11.8. The van der Waals surface area contributed by atoms with Crippen molar-refractivity contribution in [3.63, 3.8) is 0 Å². The van der Waals surface area contributed by atoms with Crippen LogP contribution in [0.4, 0.5) is 14.5 Å². The molecule has 2 aromatic carbocycles. The number of hydrogen-bond acceptors (Lipinski definition) is 5. The van der Waals surface area contributed by atoms with Crippen molar-refractivity contribution in [1.82, 2.24) is 4.98 Å². The maximum Gasteiger partial charge on any atom is 0.335 e. The predicted octanol–water partition coefficient (Wildman–Crippen LogP) is 3.80. The Morgan fingerprint density at radius 3 is 2.71 bits per heavy atom. The number of nitrogens with zero attached hydrogens (tertiary/aromatic N) is 1. The molecule has 0 bridgehead atoms. The Hall–Kier alpha value is -3.42. The molecule has 0 radical (unpaired) electrons. The lowest BCUT2D eigenvalue weighted by atomic mass is 10.2. The molecule has 2 aromatic heterocycles. The van der Waals surface area contributed by atoms with E-state index in [4.69, 9.17) is 19.7 Å².